The number of rotatable bonds is 6. The molecule has 0 aromatic rings. The molecular formula is C14H29N3O. The second-order valence-corrected chi connectivity index (χ2v) is 6.62. The van der Waals surface area contributed by atoms with Crippen LogP contribution >= 0.6 is 0 Å². The highest BCUT2D eigenvalue weighted by Gasteiger charge is 2.33. The summed E-state index contributed by atoms with van der Waals surface area (Å²) in [5.41, 5.74) is 1.86. The highest BCUT2D eigenvalue weighted by Crippen LogP contribution is 2.27. The zero-order chi connectivity index (χ0) is 13.8. The predicted octanol–water partition coefficient (Wildman–Crippen LogP) is 1.90. The molecule has 0 aromatic heterocycles. The topological polar surface area (TPSA) is 58.4 Å². The standard InChI is InChI=1S/C14H29N3O/c1-11(2)9-17(12-7-5-6-8-12)10-14(3,4)13(18)16-15/h11-12H,5-10,15H2,1-4H3,(H,16,18). The number of carbonyl (C=O) groups excluding carboxylic acids is 1. The number of amides is 1. The van der Waals surface area contributed by atoms with Crippen LogP contribution in [0, 0.1) is 11.3 Å². The van der Waals surface area contributed by atoms with Crippen molar-refractivity contribution >= 4 is 5.91 Å². The number of nitrogens with zero attached hydrogens (tertiary/aromatic N) is 1. The third-order valence-corrected chi connectivity index (χ3v) is 3.78. The molecule has 1 rings (SSSR count). The van der Waals surface area contributed by atoms with Gasteiger partial charge < -0.3 is 0 Å². The second-order valence-electron chi connectivity index (χ2n) is 6.62. The molecule has 0 radical (unpaired) electrons. The summed E-state index contributed by atoms with van der Waals surface area (Å²) in [5, 5.41) is 0. The zero-order valence-electron chi connectivity index (χ0n) is 12.3. The van der Waals surface area contributed by atoms with Crippen molar-refractivity contribution in [2.24, 2.45) is 17.2 Å². The van der Waals surface area contributed by atoms with Gasteiger partial charge >= 0.3 is 0 Å². The van der Waals surface area contributed by atoms with Crippen molar-refractivity contribution in [3.8, 4) is 0 Å². The minimum absolute atomic E-state index is 0.0748. The van der Waals surface area contributed by atoms with Crippen LogP contribution in [-0.2, 0) is 4.79 Å². The van der Waals surface area contributed by atoms with E-state index in [1.807, 2.05) is 13.8 Å². The lowest BCUT2D eigenvalue weighted by molar-refractivity contribution is -0.130. The molecule has 0 aromatic carbocycles. The van der Waals surface area contributed by atoms with E-state index in [1.54, 1.807) is 0 Å². The van der Waals surface area contributed by atoms with Gasteiger partial charge in [-0.05, 0) is 32.6 Å². The van der Waals surface area contributed by atoms with Gasteiger partial charge in [-0.3, -0.25) is 15.1 Å². The van der Waals surface area contributed by atoms with Gasteiger partial charge in [0, 0.05) is 19.1 Å². The van der Waals surface area contributed by atoms with Gasteiger partial charge in [0.05, 0.1) is 5.41 Å². The van der Waals surface area contributed by atoms with Crippen LogP contribution in [0.1, 0.15) is 53.4 Å². The monoisotopic (exact) mass is 255 g/mol. The van der Waals surface area contributed by atoms with Gasteiger partial charge in [0.1, 0.15) is 0 Å². The van der Waals surface area contributed by atoms with Crippen molar-refractivity contribution in [3.63, 3.8) is 0 Å². The average Bonchev–Trinajstić information content (AvgIpc) is 2.79. The Bertz CT molecular complexity index is 270. The summed E-state index contributed by atoms with van der Waals surface area (Å²) >= 11 is 0. The minimum Gasteiger partial charge on any atom is -0.299 e. The highest BCUT2D eigenvalue weighted by atomic mass is 16.2. The lowest BCUT2D eigenvalue weighted by Gasteiger charge is -2.36. The van der Waals surface area contributed by atoms with Gasteiger partial charge in [-0.2, -0.15) is 0 Å². The zero-order valence-corrected chi connectivity index (χ0v) is 12.3. The van der Waals surface area contributed by atoms with Crippen LogP contribution in [0.3, 0.4) is 0 Å². The molecule has 0 bridgehead atoms. The first-order chi connectivity index (χ1) is 8.36. The fourth-order valence-corrected chi connectivity index (χ4v) is 2.86. The molecule has 18 heavy (non-hydrogen) atoms. The molecule has 4 heteroatoms. The molecule has 4 nitrogen and oxygen atoms in total. The predicted molar refractivity (Wildman–Crippen MR) is 74.8 cm³/mol. The van der Waals surface area contributed by atoms with E-state index < -0.39 is 5.41 Å². The SMILES string of the molecule is CC(C)CN(CC(C)(C)C(=O)NN)C1CCCC1. The molecule has 1 aliphatic rings. The van der Waals surface area contributed by atoms with Crippen molar-refractivity contribution in [2.45, 2.75) is 59.4 Å². The van der Waals surface area contributed by atoms with E-state index >= 15 is 0 Å². The van der Waals surface area contributed by atoms with Crippen LogP contribution < -0.4 is 11.3 Å². The lowest BCUT2D eigenvalue weighted by atomic mass is 9.90. The lowest BCUT2D eigenvalue weighted by Crippen LogP contribution is -2.50. The number of hydrogen-bond acceptors (Lipinski definition) is 3. The first kappa shape index (κ1) is 15.4. The molecule has 1 saturated carbocycles. The van der Waals surface area contributed by atoms with Gasteiger partial charge in [-0.1, -0.05) is 26.7 Å². The number of carbonyl (C=O) groups is 1. The van der Waals surface area contributed by atoms with E-state index in [9.17, 15) is 4.79 Å². The van der Waals surface area contributed by atoms with E-state index in [4.69, 9.17) is 5.84 Å². The Balaban J connectivity index is 2.67. The van der Waals surface area contributed by atoms with Crippen LogP contribution in [-0.4, -0.2) is 29.9 Å². The maximum absolute atomic E-state index is 11.8. The quantitative estimate of drug-likeness (QED) is 0.433. The molecule has 3 N–H and O–H groups in total. The highest BCUT2D eigenvalue weighted by molar-refractivity contribution is 5.81. The first-order valence-electron chi connectivity index (χ1n) is 7.12. The molecule has 1 amide bonds. The molecule has 106 valence electrons. The molecule has 1 aliphatic carbocycles. The van der Waals surface area contributed by atoms with E-state index in [-0.39, 0.29) is 5.91 Å². The van der Waals surface area contributed by atoms with E-state index in [0.717, 1.165) is 13.1 Å². The number of hydrogen-bond donors (Lipinski definition) is 2. The van der Waals surface area contributed by atoms with E-state index in [2.05, 4.69) is 24.2 Å². The smallest absolute Gasteiger partial charge is 0.240 e. The van der Waals surface area contributed by atoms with Crippen molar-refractivity contribution in [3.05, 3.63) is 0 Å². The van der Waals surface area contributed by atoms with Crippen LogP contribution in [0.15, 0.2) is 0 Å². The Labute approximate surface area is 111 Å². The van der Waals surface area contributed by atoms with Gasteiger partial charge in [0.25, 0.3) is 0 Å². The number of hydrazine groups is 1. The molecule has 0 spiro atoms. The minimum atomic E-state index is -0.424. The Kier molecular flexibility index (Phi) is 5.60. The third-order valence-electron chi connectivity index (χ3n) is 3.78. The third kappa shape index (κ3) is 4.25. The van der Waals surface area contributed by atoms with Crippen molar-refractivity contribution in [1.82, 2.24) is 10.3 Å². The summed E-state index contributed by atoms with van der Waals surface area (Å²) in [4.78, 5) is 14.3. The van der Waals surface area contributed by atoms with Crippen LogP contribution in [0.5, 0.6) is 0 Å². The molecule has 1 fully saturated rings. The summed E-state index contributed by atoms with van der Waals surface area (Å²) in [6.45, 7) is 10.3. The molecule has 0 heterocycles. The summed E-state index contributed by atoms with van der Waals surface area (Å²) in [6.07, 6.45) is 5.19. The maximum atomic E-state index is 11.8. The van der Waals surface area contributed by atoms with Gasteiger partial charge in [-0.15, -0.1) is 0 Å². The van der Waals surface area contributed by atoms with Gasteiger partial charge in [-0.25, -0.2) is 5.84 Å². The normalized spacial score (nSPS) is 17.7. The summed E-state index contributed by atoms with van der Waals surface area (Å²) < 4.78 is 0. The molecule has 0 aliphatic heterocycles. The first-order valence-corrected chi connectivity index (χ1v) is 7.12. The Hall–Kier alpha value is -0.610. The van der Waals surface area contributed by atoms with Crippen molar-refractivity contribution < 1.29 is 4.79 Å². The maximum Gasteiger partial charge on any atom is 0.240 e. The molecular weight excluding hydrogens is 226 g/mol. The van der Waals surface area contributed by atoms with Crippen molar-refractivity contribution in [2.75, 3.05) is 13.1 Å². The van der Waals surface area contributed by atoms with Gasteiger partial charge in [0.15, 0.2) is 0 Å². The summed E-state index contributed by atoms with van der Waals surface area (Å²) in [7, 11) is 0. The Morgan fingerprint density at radius 2 is 1.94 bits per heavy atom. The summed E-state index contributed by atoms with van der Waals surface area (Å²) in [5.74, 6) is 5.82. The number of nitrogens with two attached hydrogens (primary N) is 1. The summed E-state index contributed by atoms with van der Waals surface area (Å²) in [6, 6.07) is 0.650. The van der Waals surface area contributed by atoms with Gasteiger partial charge in [0.2, 0.25) is 5.91 Å². The van der Waals surface area contributed by atoms with E-state index in [0.29, 0.717) is 12.0 Å². The van der Waals surface area contributed by atoms with Crippen molar-refractivity contribution in [1.29, 1.82) is 0 Å². The Morgan fingerprint density at radius 1 is 1.39 bits per heavy atom. The Morgan fingerprint density at radius 3 is 2.39 bits per heavy atom. The fourth-order valence-electron chi connectivity index (χ4n) is 2.86. The fraction of sp³-hybridized carbons (Fsp3) is 0.929. The molecule has 0 saturated heterocycles. The van der Waals surface area contributed by atoms with Crippen LogP contribution in [0.25, 0.3) is 0 Å². The van der Waals surface area contributed by atoms with Crippen LogP contribution in [0.2, 0.25) is 0 Å². The molecule has 0 atom stereocenters. The van der Waals surface area contributed by atoms with Crippen LogP contribution in [0.4, 0.5) is 0 Å². The largest absolute Gasteiger partial charge is 0.299 e. The average molecular weight is 255 g/mol. The number of nitrogens with one attached hydrogen (secondary N) is 1. The molecule has 0 unspecified atom stereocenters. The second kappa shape index (κ2) is 6.53. The van der Waals surface area contributed by atoms with E-state index in [1.165, 1.54) is 25.7 Å².